The normalized spacial score (nSPS) is 15.9. The predicted octanol–water partition coefficient (Wildman–Crippen LogP) is 4.31. The predicted molar refractivity (Wildman–Crippen MR) is 118 cm³/mol. The van der Waals surface area contributed by atoms with E-state index in [1.165, 1.54) is 0 Å². The third-order valence-electron chi connectivity index (χ3n) is 5.62. The van der Waals surface area contributed by atoms with Crippen LogP contribution in [0, 0.1) is 6.92 Å². The van der Waals surface area contributed by atoms with E-state index in [1.54, 1.807) is 11.8 Å². The number of ether oxygens (including phenoxy) is 1. The number of hydrogen-bond donors (Lipinski definition) is 1. The van der Waals surface area contributed by atoms with E-state index in [2.05, 4.69) is 21.2 Å². The molecule has 4 aromatic rings. The molecule has 2 aromatic heterocycles. The first-order valence-electron chi connectivity index (χ1n) is 9.62. The molecule has 0 saturated carbocycles. The van der Waals surface area contributed by atoms with Gasteiger partial charge in [-0.25, -0.2) is 4.98 Å². The quantitative estimate of drug-likeness (QED) is 0.489. The topological polar surface area (TPSA) is 74.0 Å². The molecule has 0 spiro atoms. The Morgan fingerprint density at radius 1 is 1.23 bits per heavy atom. The number of rotatable bonds is 3. The van der Waals surface area contributed by atoms with Crippen LogP contribution in [0.4, 0.5) is 5.82 Å². The summed E-state index contributed by atoms with van der Waals surface area (Å²) in [7, 11) is 3.60. The molecule has 3 heterocycles. The molecular weight excluding hydrogens is 446 g/mol. The lowest BCUT2D eigenvalue weighted by Gasteiger charge is -2.25. The van der Waals surface area contributed by atoms with Crippen LogP contribution in [0.1, 0.15) is 29.2 Å². The van der Waals surface area contributed by atoms with Crippen LogP contribution >= 0.6 is 15.9 Å². The lowest BCUT2D eigenvalue weighted by atomic mass is 9.85. The molecule has 8 heteroatoms. The fraction of sp³-hybridized carbons (Fsp3) is 0.227. The van der Waals surface area contributed by atoms with Crippen LogP contribution in [0.2, 0.25) is 0 Å². The number of fused-ring (bicyclic) bond motifs is 2. The molecule has 1 aliphatic heterocycles. The van der Waals surface area contributed by atoms with Crippen molar-refractivity contribution in [1.29, 1.82) is 0 Å². The summed E-state index contributed by atoms with van der Waals surface area (Å²) in [6, 6.07) is 13.8. The van der Waals surface area contributed by atoms with Crippen molar-refractivity contribution in [3.05, 3.63) is 63.8 Å². The molecule has 7 nitrogen and oxygen atoms in total. The second-order valence-corrected chi connectivity index (χ2v) is 8.33. The molecule has 152 valence electrons. The molecule has 0 radical (unpaired) electrons. The van der Waals surface area contributed by atoms with Crippen LogP contribution in [-0.2, 0) is 11.8 Å². The van der Waals surface area contributed by atoms with Crippen molar-refractivity contribution in [2.24, 2.45) is 7.05 Å². The SMILES string of the molecule is COc1ccc(Br)cc1C1CC(=O)Nc2c1c(C)nn2-c1nc2ccccc2n1C. The smallest absolute Gasteiger partial charge is 0.233 e. The van der Waals surface area contributed by atoms with Gasteiger partial charge >= 0.3 is 0 Å². The molecule has 30 heavy (non-hydrogen) atoms. The maximum atomic E-state index is 12.7. The molecule has 1 atom stereocenters. The van der Waals surface area contributed by atoms with E-state index in [4.69, 9.17) is 14.8 Å². The number of para-hydroxylation sites is 2. The molecule has 0 saturated heterocycles. The Labute approximate surface area is 181 Å². The summed E-state index contributed by atoms with van der Waals surface area (Å²) >= 11 is 3.55. The zero-order valence-electron chi connectivity index (χ0n) is 16.8. The number of carbonyl (C=O) groups is 1. The molecule has 1 unspecified atom stereocenters. The minimum atomic E-state index is -0.162. The van der Waals surface area contributed by atoms with Crippen molar-refractivity contribution in [3.8, 4) is 11.7 Å². The Morgan fingerprint density at radius 3 is 2.80 bits per heavy atom. The first-order chi connectivity index (χ1) is 14.5. The average Bonchev–Trinajstić information content (AvgIpc) is 3.24. The van der Waals surface area contributed by atoms with Gasteiger partial charge in [-0.2, -0.15) is 9.78 Å². The van der Waals surface area contributed by atoms with Crippen molar-refractivity contribution in [2.75, 3.05) is 12.4 Å². The number of imidazole rings is 1. The molecule has 1 aliphatic rings. The number of hydrogen-bond acceptors (Lipinski definition) is 4. The number of aromatic nitrogens is 4. The zero-order valence-corrected chi connectivity index (χ0v) is 18.4. The van der Waals surface area contributed by atoms with Gasteiger partial charge in [-0.15, -0.1) is 0 Å². The Hall–Kier alpha value is -3.13. The Balaban J connectivity index is 1.73. The summed E-state index contributed by atoms with van der Waals surface area (Å²) in [5.41, 5.74) is 4.67. The summed E-state index contributed by atoms with van der Waals surface area (Å²) in [5, 5.41) is 7.80. The van der Waals surface area contributed by atoms with Crippen molar-refractivity contribution in [1.82, 2.24) is 19.3 Å². The largest absolute Gasteiger partial charge is 0.496 e. The third-order valence-corrected chi connectivity index (χ3v) is 6.12. The van der Waals surface area contributed by atoms with E-state index >= 15 is 0 Å². The number of methoxy groups -OCH3 is 1. The summed E-state index contributed by atoms with van der Waals surface area (Å²) in [4.78, 5) is 17.5. The molecule has 0 fully saturated rings. The van der Waals surface area contributed by atoms with Gasteiger partial charge in [0.15, 0.2) is 0 Å². The average molecular weight is 466 g/mol. The van der Waals surface area contributed by atoms with E-state index in [0.29, 0.717) is 18.2 Å². The molecular formula is C22H20BrN5O2. The number of benzene rings is 2. The molecule has 1 N–H and O–H groups in total. The monoisotopic (exact) mass is 465 g/mol. The van der Waals surface area contributed by atoms with Crippen LogP contribution in [0.15, 0.2) is 46.9 Å². The highest BCUT2D eigenvalue weighted by atomic mass is 79.9. The van der Waals surface area contributed by atoms with E-state index in [9.17, 15) is 4.79 Å². The summed E-state index contributed by atoms with van der Waals surface area (Å²) < 4.78 is 10.3. The van der Waals surface area contributed by atoms with Gasteiger partial charge in [0.05, 0.1) is 23.8 Å². The van der Waals surface area contributed by atoms with E-state index in [1.807, 2.05) is 61.0 Å². The lowest BCUT2D eigenvalue weighted by molar-refractivity contribution is -0.116. The van der Waals surface area contributed by atoms with Gasteiger partial charge in [-0.1, -0.05) is 28.1 Å². The molecule has 0 aliphatic carbocycles. The molecule has 1 amide bonds. The van der Waals surface area contributed by atoms with Crippen LogP contribution in [-0.4, -0.2) is 32.3 Å². The van der Waals surface area contributed by atoms with Crippen LogP contribution in [0.25, 0.3) is 17.0 Å². The first-order valence-corrected chi connectivity index (χ1v) is 10.4. The molecule has 2 aromatic carbocycles. The Bertz CT molecular complexity index is 1310. The van der Waals surface area contributed by atoms with Crippen molar-refractivity contribution in [3.63, 3.8) is 0 Å². The maximum absolute atomic E-state index is 12.7. The van der Waals surface area contributed by atoms with Crippen LogP contribution < -0.4 is 10.1 Å². The number of amides is 1. The minimum absolute atomic E-state index is 0.0607. The summed E-state index contributed by atoms with van der Waals surface area (Å²) in [6.07, 6.45) is 0.328. The highest BCUT2D eigenvalue weighted by Crippen LogP contribution is 2.43. The van der Waals surface area contributed by atoms with Gasteiger partial charge in [0.2, 0.25) is 11.9 Å². The number of halogens is 1. The van der Waals surface area contributed by atoms with Gasteiger partial charge in [-0.3, -0.25) is 4.79 Å². The summed E-state index contributed by atoms with van der Waals surface area (Å²) in [6.45, 7) is 1.97. The van der Waals surface area contributed by atoms with Gasteiger partial charge in [0, 0.05) is 35.0 Å². The summed E-state index contributed by atoms with van der Waals surface area (Å²) in [5.74, 6) is 1.84. The highest BCUT2D eigenvalue weighted by molar-refractivity contribution is 9.10. The van der Waals surface area contributed by atoms with Gasteiger partial charge in [-0.05, 0) is 37.3 Å². The second kappa shape index (κ2) is 6.98. The van der Waals surface area contributed by atoms with Crippen molar-refractivity contribution >= 4 is 38.7 Å². The third kappa shape index (κ3) is 2.82. The number of nitrogens with one attached hydrogen (secondary N) is 1. The first kappa shape index (κ1) is 18.9. The minimum Gasteiger partial charge on any atom is -0.496 e. The Kier molecular flexibility index (Phi) is 4.39. The lowest BCUT2D eigenvalue weighted by Crippen LogP contribution is -2.25. The fourth-order valence-corrected chi connectivity index (χ4v) is 4.64. The highest BCUT2D eigenvalue weighted by Gasteiger charge is 2.35. The number of carbonyl (C=O) groups excluding carboxylic acids is 1. The molecule has 0 bridgehead atoms. The number of aryl methyl sites for hydroxylation is 2. The van der Waals surface area contributed by atoms with Gasteiger partial charge in [0.25, 0.3) is 0 Å². The van der Waals surface area contributed by atoms with Gasteiger partial charge < -0.3 is 14.6 Å². The van der Waals surface area contributed by atoms with E-state index < -0.39 is 0 Å². The van der Waals surface area contributed by atoms with Crippen molar-refractivity contribution in [2.45, 2.75) is 19.3 Å². The van der Waals surface area contributed by atoms with Crippen molar-refractivity contribution < 1.29 is 9.53 Å². The molecule has 5 rings (SSSR count). The number of anilines is 1. The fourth-order valence-electron chi connectivity index (χ4n) is 4.26. The standard InChI is InChI=1S/C22H20BrN5O2/c1-12-20-15(14-10-13(23)8-9-18(14)30-3)11-19(29)25-21(20)28(26-12)22-24-16-6-4-5-7-17(16)27(22)2/h4-10,15H,11H2,1-3H3,(H,25,29). The second-order valence-electron chi connectivity index (χ2n) is 7.41. The zero-order chi connectivity index (χ0) is 21.0. The van der Waals surface area contributed by atoms with Gasteiger partial charge in [0.1, 0.15) is 11.6 Å². The van der Waals surface area contributed by atoms with Crippen LogP contribution in [0.3, 0.4) is 0 Å². The van der Waals surface area contributed by atoms with E-state index in [-0.39, 0.29) is 11.8 Å². The Morgan fingerprint density at radius 2 is 2.03 bits per heavy atom. The number of nitrogens with zero attached hydrogens (tertiary/aromatic N) is 4. The maximum Gasteiger partial charge on any atom is 0.233 e. The van der Waals surface area contributed by atoms with Crippen LogP contribution in [0.5, 0.6) is 5.75 Å². The van der Waals surface area contributed by atoms with E-state index in [0.717, 1.165) is 38.1 Å².